The molecule has 29 heavy (non-hydrogen) atoms. The zero-order valence-electron chi connectivity index (χ0n) is 16.0. The molecule has 0 saturated carbocycles. The van der Waals surface area contributed by atoms with E-state index in [4.69, 9.17) is 4.74 Å². The van der Waals surface area contributed by atoms with Crippen molar-refractivity contribution in [2.75, 3.05) is 57.1 Å². The van der Waals surface area contributed by atoms with Gasteiger partial charge in [0.05, 0.1) is 12.4 Å². The highest BCUT2D eigenvalue weighted by molar-refractivity contribution is 9.10. The molecule has 1 N–H and O–H groups in total. The maximum absolute atomic E-state index is 12.6. The van der Waals surface area contributed by atoms with Crippen molar-refractivity contribution in [1.82, 2.24) is 20.4 Å². The summed E-state index contributed by atoms with van der Waals surface area (Å²) in [6.07, 6.45) is 0. The molecule has 2 heterocycles. The number of aromatic nitrogens is 2. The first kappa shape index (κ1) is 22.0. The number of rotatable bonds is 8. The molecule has 0 bridgehead atoms. The topological polar surface area (TPSA) is 87.7 Å². The molecule has 1 aliphatic heterocycles. The lowest BCUT2D eigenvalue weighted by Crippen LogP contribution is -2.48. The average molecular weight is 500 g/mol. The Morgan fingerprint density at radius 2 is 1.93 bits per heavy atom. The Morgan fingerprint density at radius 1 is 1.21 bits per heavy atom. The summed E-state index contributed by atoms with van der Waals surface area (Å²) >= 11 is 6.23. The minimum Gasteiger partial charge on any atom is -0.383 e. The number of halogens is 1. The molecule has 0 atom stereocenters. The Hall–Kier alpha value is -1.69. The molecule has 3 rings (SSSR count). The number of amides is 2. The molecule has 2 amide bonds. The number of hydrogen-bond acceptors (Lipinski definition) is 8. The molecule has 1 aromatic carbocycles. The predicted octanol–water partition coefficient (Wildman–Crippen LogP) is 2.12. The number of methoxy groups -OCH3 is 1. The lowest BCUT2D eigenvalue weighted by Gasteiger charge is -2.34. The van der Waals surface area contributed by atoms with E-state index >= 15 is 0 Å². The van der Waals surface area contributed by atoms with Crippen molar-refractivity contribution in [2.24, 2.45) is 0 Å². The van der Waals surface area contributed by atoms with Crippen LogP contribution in [0.15, 0.2) is 33.1 Å². The Balaban J connectivity index is 1.46. The number of hydrogen-bond donors (Lipinski definition) is 1. The molecule has 156 valence electrons. The summed E-state index contributed by atoms with van der Waals surface area (Å²) in [6.45, 7) is 3.69. The van der Waals surface area contributed by atoms with Gasteiger partial charge in [0, 0.05) is 49.9 Å². The smallest absolute Gasteiger partial charge is 0.253 e. The van der Waals surface area contributed by atoms with E-state index in [9.17, 15) is 9.59 Å². The van der Waals surface area contributed by atoms with Crippen LogP contribution in [0.1, 0.15) is 10.4 Å². The van der Waals surface area contributed by atoms with Crippen molar-refractivity contribution in [3.05, 3.63) is 34.3 Å². The van der Waals surface area contributed by atoms with Crippen LogP contribution in [-0.2, 0) is 9.53 Å². The Bertz CT molecular complexity index is 825. The molecule has 0 aliphatic carbocycles. The van der Waals surface area contributed by atoms with Crippen molar-refractivity contribution in [3.63, 3.8) is 0 Å². The zero-order valence-corrected chi connectivity index (χ0v) is 19.2. The van der Waals surface area contributed by atoms with Crippen molar-refractivity contribution < 1.29 is 14.3 Å². The van der Waals surface area contributed by atoms with Crippen molar-refractivity contribution >= 4 is 56.0 Å². The van der Waals surface area contributed by atoms with Crippen LogP contribution in [0.5, 0.6) is 0 Å². The van der Waals surface area contributed by atoms with Gasteiger partial charge >= 0.3 is 0 Å². The first-order valence-corrected chi connectivity index (χ1v) is 11.7. The van der Waals surface area contributed by atoms with Gasteiger partial charge in [-0.15, -0.1) is 10.2 Å². The number of benzene rings is 1. The van der Waals surface area contributed by atoms with Crippen LogP contribution < -0.4 is 10.2 Å². The van der Waals surface area contributed by atoms with E-state index in [-0.39, 0.29) is 11.8 Å². The SMILES string of the molecule is COCCNC(=O)CSc1nnc(N2CCN(C(=O)c3ccc(Br)cc3)CC2)s1. The van der Waals surface area contributed by atoms with E-state index in [1.54, 1.807) is 7.11 Å². The van der Waals surface area contributed by atoms with E-state index in [1.807, 2.05) is 29.2 Å². The number of nitrogens with one attached hydrogen (secondary N) is 1. The van der Waals surface area contributed by atoms with Crippen LogP contribution in [0.3, 0.4) is 0 Å². The van der Waals surface area contributed by atoms with Gasteiger partial charge in [0.1, 0.15) is 0 Å². The monoisotopic (exact) mass is 499 g/mol. The third-order valence-corrected chi connectivity index (χ3v) is 6.93. The molecular weight excluding hydrogens is 478 g/mol. The van der Waals surface area contributed by atoms with Crippen LogP contribution in [0.4, 0.5) is 5.13 Å². The third kappa shape index (κ3) is 6.39. The lowest BCUT2D eigenvalue weighted by atomic mass is 10.2. The molecule has 1 saturated heterocycles. The number of piperazine rings is 1. The van der Waals surface area contributed by atoms with E-state index in [2.05, 4.69) is 36.3 Å². The van der Waals surface area contributed by atoms with Gasteiger partial charge in [0.15, 0.2) is 4.34 Å². The van der Waals surface area contributed by atoms with Crippen LogP contribution in [0, 0.1) is 0 Å². The van der Waals surface area contributed by atoms with Crippen LogP contribution in [0.25, 0.3) is 0 Å². The Morgan fingerprint density at radius 3 is 2.62 bits per heavy atom. The molecule has 1 fully saturated rings. The highest BCUT2D eigenvalue weighted by Gasteiger charge is 2.24. The zero-order chi connectivity index (χ0) is 20.6. The van der Waals surface area contributed by atoms with Crippen LogP contribution in [-0.4, -0.2) is 79.1 Å². The second-order valence-electron chi connectivity index (χ2n) is 6.27. The fraction of sp³-hybridized carbons (Fsp3) is 0.444. The van der Waals surface area contributed by atoms with Gasteiger partial charge in [0.25, 0.3) is 5.91 Å². The van der Waals surface area contributed by atoms with E-state index in [0.29, 0.717) is 50.6 Å². The molecule has 0 unspecified atom stereocenters. The molecule has 1 aliphatic rings. The van der Waals surface area contributed by atoms with Gasteiger partial charge < -0.3 is 19.9 Å². The predicted molar refractivity (Wildman–Crippen MR) is 118 cm³/mol. The first-order valence-electron chi connectivity index (χ1n) is 9.08. The Kier molecular flexibility index (Phi) is 8.28. The van der Waals surface area contributed by atoms with E-state index < -0.39 is 0 Å². The van der Waals surface area contributed by atoms with Gasteiger partial charge in [-0.1, -0.05) is 39.0 Å². The molecule has 11 heteroatoms. The summed E-state index contributed by atoms with van der Waals surface area (Å²) in [5.41, 5.74) is 0.694. The summed E-state index contributed by atoms with van der Waals surface area (Å²) in [5.74, 6) is 0.294. The summed E-state index contributed by atoms with van der Waals surface area (Å²) < 4.78 is 6.62. The fourth-order valence-corrected chi connectivity index (χ4v) is 4.72. The van der Waals surface area contributed by atoms with Gasteiger partial charge in [-0.2, -0.15) is 0 Å². The number of carbonyl (C=O) groups is 2. The average Bonchev–Trinajstić information content (AvgIpc) is 3.22. The van der Waals surface area contributed by atoms with Gasteiger partial charge in [-0.25, -0.2) is 0 Å². The van der Waals surface area contributed by atoms with Gasteiger partial charge in [0.2, 0.25) is 11.0 Å². The van der Waals surface area contributed by atoms with Crippen molar-refractivity contribution in [3.8, 4) is 0 Å². The number of ether oxygens (including phenoxy) is 1. The van der Waals surface area contributed by atoms with Gasteiger partial charge in [-0.05, 0) is 24.3 Å². The van der Waals surface area contributed by atoms with E-state index in [0.717, 1.165) is 13.9 Å². The number of thioether (sulfide) groups is 1. The Labute approximate surface area is 186 Å². The largest absolute Gasteiger partial charge is 0.383 e. The molecule has 8 nitrogen and oxygen atoms in total. The summed E-state index contributed by atoms with van der Waals surface area (Å²) in [5, 5.41) is 12.0. The highest BCUT2D eigenvalue weighted by Crippen LogP contribution is 2.28. The molecule has 0 radical (unpaired) electrons. The first-order chi connectivity index (χ1) is 14.1. The van der Waals surface area contributed by atoms with E-state index in [1.165, 1.54) is 23.1 Å². The summed E-state index contributed by atoms with van der Waals surface area (Å²) in [6, 6.07) is 7.42. The second kappa shape index (κ2) is 10.9. The summed E-state index contributed by atoms with van der Waals surface area (Å²) in [4.78, 5) is 28.4. The molecule has 2 aromatic rings. The standard InChI is InChI=1S/C18H22BrN5O3S2/c1-27-11-6-20-15(25)12-28-18-22-21-17(29-18)24-9-7-23(8-10-24)16(26)13-2-4-14(19)5-3-13/h2-5H,6-12H2,1H3,(H,20,25). The highest BCUT2D eigenvalue weighted by atomic mass is 79.9. The quantitative estimate of drug-likeness (QED) is 0.439. The fourth-order valence-electron chi connectivity index (χ4n) is 2.74. The van der Waals surface area contributed by atoms with Crippen LogP contribution in [0.2, 0.25) is 0 Å². The van der Waals surface area contributed by atoms with Crippen LogP contribution >= 0.6 is 39.0 Å². The second-order valence-corrected chi connectivity index (χ2v) is 9.36. The van der Waals surface area contributed by atoms with Crippen molar-refractivity contribution in [1.29, 1.82) is 0 Å². The normalized spacial score (nSPS) is 14.1. The van der Waals surface area contributed by atoms with Crippen molar-refractivity contribution in [2.45, 2.75) is 4.34 Å². The minimum absolute atomic E-state index is 0.0464. The van der Waals surface area contributed by atoms with Gasteiger partial charge in [-0.3, -0.25) is 9.59 Å². The number of carbonyl (C=O) groups excluding carboxylic acids is 2. The summed E-state index contributed by atoms with van der Waals surface area (Å²) in [7, 11) is 1.60. The molecular formula is C18H22BrN5O3S2. The molecule has 0 spiro atoms. The maximum atomic E-state index is 12.6. The molecule has 1 aromatic heterocycles. The lowest BCUT2D eigenvalue weighted by molar-refractivity contribution is -0.118. The number of anilines is 1. The maximum Gasteiger partial charge on any atom is 0.253 e. The number of nitrogens with zero attached hydrogens (tertiary/aromatic N) is 4. The minimum atomic E-state index is -0.0520. The third-order valence-electron chi connectivity index (χ3n) is 4.28.